The van der Waals surface area contributed by atoms with E-state index in [1.165, 1.54) is 0 Å². The zero-order valence-corrected chi connectivity index (χ0v) is 11.2. The molecule has 1 aliphatic heterocycles. The van der Waals surface area contributed by atoms with E-state index in [0.717, 1.165) is 45.9 Å². The second-order valence-corrected chi connectivity index (χ2v) is 6.62. The predicted molar refractivity (Wildman–Crippen MR) is 65.9 cm³/mol. The molecule has 3 nitrogen and oxygen atoms in total. The van der Waals surface area contributed by atoms with E-state index >= 15 is 0 Å². The van der Waals surface area contributed by atoms with E-state index in [0.29, 0.717) is 0 Å². The fourth-order valence-corrected chi connectivity index (χ4v) is 1.65. The van der Waals surface area contributed by atoms with Crippen LogP contribution in [0.4, 0.5) is 0 Å². The van der Waals surface area contributed by atoms with Crippen LogP contribution in [0.15, 0.2) is 0 Å². The summed E-state index contributed by atoms with van der Waals surface area (Å²) in [6.07, 6.45) is 1.12. The lowest BCUT2D eigenvalue weighted by Gasteiger charge is -2.27. The van der Waals surface area contributed by atoms with Crippen LogP contribution in [0.25, 0.3) is 0 Å². The maximum absolute atomic E-state index is 5.65. The zero-order valence-electron chi connectivity index (χ0n) is 9.09. The van der Waals surface area contributed by atoms with E-state index in [9.17, 15) is 0 Å². The molecular formula is C10H20INO2. The van der Waals surface area contributed by atoms with Gasteiger partial charge in [-0.25, -0.2) is 0 Å². The Kier molecular flexibility index (Phi) is 5.66. The molecule has 0 spiro atoms. The van der Waals surface area contributed by atoms with Crippen LogP contribution in [0.2, 0.25) is 0 Å². The lowest BCUT2D eigenvalue weighted by atomic mass is 10.3. The fourth-order valence-electron chi connectivity index (χ4n) is 1.43. The number of alkyl halides is 1. The molecule has 0 aromatic rings. The van der Waals surface area contributed by atoms with E-state index in [1.807, 2.05) is 0 Å². The highest BCUT2D eigenvalue weighted by Gasteiger charge is 2.13. The minimum absolute atomic E-state index is 0.0250. The number of ether oxygens (including phenoxy) is 2. The molecule has 0 bridgehead atoms. The van der Waals surface area contributed by atoms with Crippen molar-refractivity contribution in [3.05, 3.63) is 0 Å². The third-order valence-electron chi connectivity index (χ3n) is 2.17. The van der Waals surface area contributed by atoms with Crippen LogP contribution in [0.5, 0.6) is 0 Å². The van der Waals surface area contributed by atoms with Crippen LogP contribution in [0.3, 0.4) is 0 Å². The SMILES string of the molecule is CC(C)(I)OCCCN1CCOCC1. The van der Waals surface area contributed by atoms with Gasteiger partial charge in [0, 0.05) is 26.2 Å². The molecule has 1 aliphatic rings. The zero-order chi connectivity index (χ0) is 10.4. The molecule has 84 valence electrons. The van der Waals surface area contributed by atoms with Crippen LogP contribution >= 0.6 is 22.6 Å². The standard InChI is InChI=1S/C10H20INO2/c1-10(2,11)14-7-3-4-12-5-8-13-9-6-12/h3-9H2,1-2H3. The fraction of sp³-hybridized carbons (Fsp3) is 1.00. The molecule has 0 aromatic heterocycles. The van der Waals surface area contributed by atoms with Crippen molar-refractivity contribution in [2.45, 2.75) is 23.9 Å². The van der Waals surface area contributed by atoms with Gasteiger partial charge in [0.1, 0.15) is 3.61 Å². The summed E-state index contributed by atoms with van der Waals surface area (Å²) in [7, 11) is 0. The summed E-state index contributed by atoms with van der Waals surface area (Å²) >= 11 is 2.31. The highest BCUT2D eigenvalue weighted by Crippen LogP contribution is 2.18. The van der Waals surface area contributed by atoms with Gasteiger partial charge < -0.3 is 9.47 Å². The first-order valence-electron chi connectivity index (χ1n) is 5.21. The Bertz CT molecular complexity index is 153. The van der Waals surface area contributed by atoms with Gasteiger partial charge in [-0.2, -0.15) is 0 Å². The topological polar surface area (TPSA) is 21.7 Å². The molecule has 0 radical (unpaired) electrons. The van der Waals surface area contributed by atoms with Crippen molar-refractivity contribution in [1.82, 2.24) is 4.90 Å². The van der Waals surface area contributed by atoms with Crippen molar-refractivity contribution in [2.24, 2.45) is 0 Å². The number of nitrogens with zero attached hydrogens (tertiary/aromatic N) is 1. The molecule has 0 atom stereocenters. The number of morpholine rings is 1. The van der Waals surface area contributed by atoms with Gasteiger partial charge in [0.25, 0.3) is 0 Å². The molecule has 1 rings (SSSR count). The van der Waals surface area contributed by atoms with Crippen molar-refractivity contribution in [1.29, 1.82) is 0 Å². The average molecular weight is 313 g/mol. The van der Waals surface area contributed by atoms with Crippen LogP contribution in [0.1, 0.15) is 20.3 Å². The second-order valence-electron chi connectivity index (χ2n) is 4.02. The monoisotopic (exact) mass is 313 g/mol. The molecular weight excluding hydrogens is 293 g/mol. The third-order valence-corrected chi connectivity index (χ3v) is 2.48. The maximum Gasteiger partial charge on any atom is 0.113 e. The second kappa shape index (κ2) is 6.25. The van der Waals surface area contributed by atoms with Gasteiger partial charge in [-0.1, -0.05) is 0 Å². The molecule has 1 fully saturated rings. The quantitative estimate of drug-likeness (QED) is 0.440. The minimum atomic E-state index is -0.0250. The normalized spacial score (nSPS) is 19.9. The van der Waals surface area contributed by atoms with E-state index in [2.05, 4.69) is 41.3 Å². The van der Waals surface area contributed by atoms with Crippen LogP contribution < -0.4 is 0 Å². The van der Waals surface area contributed by atoms with Crippen molar-refractivity contribution in [3.8, 4) is 0 Å². The van der Waals surface area contributed by atoms with Gasteiger partial charge in [-0.05, 0) is 42.9 Å². The molecule has 0 N–H and O–H groups in total. The molecule has 0 unspecified atom stereocenters. The van der Waals surface area contributed by atoms with Crippen LogP contribution in [-0.4, -0.2) is 48.0 Å². The number of halogens is 1. The Balaban J connectivity index is 1.97. The molecule has 0 aliphatic carbocycles. The van der Waals surface area contributed by atoms with E-state index < -0.39 is 0 Å². The first-order valence-corrected chi connectivity index (χ1v) is 6.29. The minimum Gasteiger partial charge on any atom is -0.379 e. The Hall–Kier alpha value is 0.610. The Morgan fingerprint density at radius 3 is 2.57 bits per heavy atom. The third kappa shape index (κ3) is 6.16. The molecule has 0 aromatic carbocycles. The maximum atomic E-state index is 5.65. The van der Waals surface area contributed by atoms with Crippen molar-refractivity contribution in [3.63, 3.8) is 0 Å². The van der Waals surface area contributed by atoms with Crippen LogP contribution in [-0.2, 0) is 9.47 Å². The molecule has 14 heavy (non-hydrogen) atoms. The Labute approximate surface area is 100 Å². The summed E-state index contributed by atoms with van der Waals surface area (Å²) < 4.78 is 10.9. The van der Waals surface area contributed by atoms with Crippen molar-refractivity contribution >= 4 is 22.6 Å². The van der Waals surface area contributed by atoms with Crippen molar-refractivity contribution < 1.29 is 9.47 Å². The van der Waals surface area contributed by atoms with E-state index in [1.54, 1.807) is 0 Å². The van der Waals surface area contributed by atoms with Gasteiger partial charge in [0.15, 0.2) is 0 Å². The summed E-state index contributed by atoms with van der Waals surface area (Å²) in [5, 5.41) is 0. The summed E-state index contributed by atoms with van der Waals surface area (Å²) in [6, 6.07) is 0. The molecule has 0 amide bonds. The largest absolute Gasteiger partial charge is 0.379 e. The highest BCUT2D eigenvalue weighted by atomic mass is 127. The first kappa shape index (κ1) is 12.7. The number of rotatable bonds is 5. The van der Waals surface area contributed by atoms with Crippen LogP contribution in [0, 0.1) is 0 Å². The summed E-state index contributed by atoms with van der Waals surface area (Å²) in [5.41, 5.74) is 0. The van der Waals surface area contributed by atoms with E-state index in [-0.39, 0.29) is 3.61 Å². The molecule has 1 saturated heterocycles. The average Bonchev–Trinajstić information content (AvgIpc) is 2.13. The summed E-state index contributed by atoms with van der Waals surface area (Å²) in [6.45, 7) is 10.1. The van der Waals surface area contributed by atoms with Gasteiger partial charge >= 0.3 is 0 Å². The van der Waals surface area contributed by atoms with Gasteiger partial charge in [0.05, 0.1) is 13.2 Å². The van der Waals surface area contributed by atoms with Crippen molar-refractivity contribution in [2.75, 3.05) is 39.5 Å². The molecule has 0 saturated carbocycles. The lowest BCUT2D eigenvalue weighted by Crippen LogP contribution is -2.37. The highest BCUT2D eigenvalue weighted by molar-refractivity contribution is 14.1. The molecule has 1 heterocycles. The van der Waals surface area contributed by atoms with E-state index in [4.69, 9.17) is 9.47 Å². The number of hydrogen-bond donors (Lipinski definition) is 0. The Morgan fingerprint density at radius 2 is 2.00 bits per heavy atom. The van der Waals surface area contributed by atoms with Gasteiger partial charge in [-0.3, -0.25) is 4.90 Å². The lowest BCUT2D eigenvalue weighted by molar-refractivity contribution is 0.0239. The van der Waals surface area contributed by atoms with Gasteiger partial charge in [-0.15, -0.1) is 0 Å². The Morgan fingerprint density at radius 1 is 1.36 bits per heavy atom. The summed E-state index contributed by atoms with van der Waals surface area (Å²) in [5.74, 6) is 0. The predicted octanol–water partition coefficient (Wildman–Crippen LogP) is 1.90. The molecule has 4 heteroatoms. The number of hydrogen-bond acceptors (Lipinski definition) is 3. The first-order chi connectivity index (χ1) is 6.58. The van der Waals surface area contributed by atoms with Gasteiger partial charge in [0.2, 0.25) is 0 Å². The smallest absolute Gasteiger partial charge is 0.113 e. The summed E-state index contributed by atoms with van der Waals surface area (Å²) in [4.78, 5) is 2.44.